The Balaban J connectivity index is 1.46. The first kappa shape index (κ1) is 37.6. The average Bonchev–Trinajstić information content (AvgIpc) is 3.04. The summed E-state index contributed by atoms with van der Waals surface area (Å²) in [7, 11) is 0. The first-order chi connectivity index (χ1) is 22.1. The van der Waals surface area contributed by atoms with Gasteiger partial charge in [0.15, 0.2) is 5.75 Å². The number of aromatic carboxylic acids is 1. The van der Waals surface area contributed by atoms with Crippen LogP contribution in [0.3, 0.4) is 0 Å². The molecule has 47 heavy (non-hydrogen) atoms. The number of benzene rings is 4. The van der Waals surface area contributed by atoms with Gasteiger partial charge in [0, 0.05) is 16.5 Å². The molecule has 16 heteroatoms. The molecule has 0 saturated heterocycles. The lowest BCUT2D eigenvalue weighted by Gasteiger charge is -2.26. The van der Waals surface area contributed by atoms with E-state index < -0.39 is 38.5 Å². The number of ether oxygens (including phenoxy) is 1. The van der Waals surface area contributed by atoms with Crippen LogP contribution >= 0.6 is 92.8 Å². The van der Waals surface area contributed by atoms with E-state index in [2.05, 4.69) is 4.89 Å². The van der Waals surface area contributed by atoms with Gasteiger partial charge >= 0.3 is 11.9 Å². The van der Waals surface area contributed by atoms with Gasteiger partial charge in [-0.25, -0.2) is 14.5 Å². The Hall–Kier alpha value is -2.18. The summed E-state index contributed by atoms with van der Waals surface area (Å²) in [6.45, 7) is 3.46. The van der Waals surface area contributed by atoms with Gasteiger partial charge in [0.05, 0.1) is 51.3 Å². The monoisotopic (exact) mass is 800 g/mol. The molecule has 2 N–H and O–H groups in total. The molecule has 0 unspecified atom stereocenters. The normalized spacial score (nSPS) is 11.5. The smallest absolute Gasteiger partial charge is 0.346 e. The SMILES string of the molecule is CC(C)(c1ccc(OOCc2c(Cl)c(Cl)c(Cl)c(Cl)c2COO)cc1)c1ccc(OC(=O)c2c(Cl)c(Cl)c(Cl)c(Cl)c2C(=O)O)cc1. The fourth-order valence-electron chi connectivity index (χ4n) is 4.46. The Kier molecular flexibility index (Phi) is 12.5. The third kappa shape index (κ3) is 7.85. The van der Waals surface area contributed by atoms with Crippen LogP contribution in [0.15, 0.2) is 48.5 Å². The third-order valence-corrected chi connectivity index (χ3v) is 10.8. The number of carbonyl (C=O) groups is 2. The minimum absolute atomic E-state index is 0.0109. The number of carboxylic acid groups (broad SMARTS) is 1. The van der Waals surface area contributed by atoms with Crippen LogP contribution in [-0.4, -0.2) is 22.3 Å². The molecule has 0 aliphatic rings. The largest absolute Gasteiger partial charge is 0.478 e. The summed E-state index contributed by atoms with van der Waals surface area (Å²) in [5, 5.41) is 17.3. The van der Waals surface area contributed by atoms with E-state index in [1.807, 2.05) is 26.0 Å². The third-order valence-electron chi connectivity index (χ3n) is 7.09. The first-order valence-electron chi connectivity index (χ1n) is 13.0. The van der Waals surface area contributed by atoms with Gasteiger partial charge < -0.3 is 14.7 Å². The van der Waals surface area contributed by atoms with Gasteiger partial charge in [-0.05, 0) is 35.4 Å². The number of esters is 1. The van der Waals surface area contributed by atoms with Crippen LogP contribution in [0.2, 0.25) is 40.2 Å². The molecule has 0 aliphatic carbocycles. The maximum absolute atomic E-state index is 13.0. The zero-order valence-electron chi connectivity index (χ0n) is 23.9. The van der Waals surface area contributed by atoms with Crippen molar-refractivity contribution in [3.05, 3.63) is 122 Å². The van der Waals surface area contributed by atoms with Crippen molar-refractivity contribution in [2.45, 2.75) is 32.5 Å². The molecule has 0 heterocycles. The van der Waals surface area contributed by atoms with Crippen molar-refractivity contribution in [2.24, 2.45) is 0 Å². The molecule has 0 bridgehead atoms. The molecule has 8 nitrogen and oxygen atoms in total. The van der Waals surface area contributed by atoms with Crippen molar-refractivity contribution < 1.29 is 39.4 Å². The van der Waals surface area contributed by atoms with E-state index >= 15 is 0 Å². The molecule has 4 aromatic rings. The zero-order chi connectivity index (χ0) is 34.8. The van der Waals surface area contributed by atoms with Gasteiger partial charge in [0.25, 0.3) is 0 Å². The summed E-state index contributed by atoms with van der Waals surface area (Å²) in [6, 6.07) is 13.7. The van der Waals surface area contributed by atoms with E-state index in [9.17, 15) is 14.7 Å². The molecule has 0 aromatic heterocycles. The molecule has 0 amide bonds. The highest BCUT2D eigenvalue weighted by atomic mass is 35.5. The highest BCUT2D eigenvalue weighted by Crippen LogP contribution is 2.43. The fraction of sp³-hybridized carbons (Fsp3) is 0.161. The Morgan fingerprint density at radius 3 is 1.51 bits per heavy atom. The molecule has 4 rings (SSSR count). The van der Waals surface area contributed by atoms with E-state index in [4.69, 9.17) is 113 Å². The highest BCUT2D eigenvalue weighted by Gasteiger charge is 2.30. The number of halogens is 8. The van der Waals surface area contributed by atoms with Crippen LogP contribution in [-0.2, 0) is 28.4 Å². The maximum atomic E-state index is 13.0. The zero-order valence-corrected chi connectivity index (χ0v) is 29.9. The van der Waals surface area contributed by atoms with E-state index in [0.29, 0.717) is 11.3 Å². The molecule has 0 fully saturated rings. The van der Waals surface area contributed by atoms with Gasteiger partial charge in [-0.3, -0.25) is 5.26 Å². The summed E-state index contributed by atoms with van der Waals surface area (Å²) >= 11 is 49.0. The lowest BCUT2D eigenvalue weighted by atomic mass is 9.78. The maximum Gasteiger partial charge on any atom is 0.346 e. The van der Waals surface area contributed by atoms with Crippen LogP contribution < -0.4 is 9.62 Å². The lowest BCUT2D eigenvalue weighted by Crippen LogP contribution is -2.19. The van der Waals surface area contributed by atoms with Gasteiger partial charge in [0.1, 0.15) is 19.0 Å². The van der Waals surface area contributed by atoms with E-state index in [1.54, 1.807) is 36.4 Å². The molecule has 0 saturated carbocycles. The summed E-state index contributed by atoms with van der Waals surface area (Å²) in [5.41, 5.74) is 0.671. The van der Waals surface area contributed by atoms with Crippen LogP contribution in [0.4, 0.5) is 0 Å². The first-order valence-corrected chi connectivity index (χ1v) is 16.1. The minimum atomic E-state index is -1.54. The molecule has 4 aromatic carbocycles. The Labute approximate surface area is 308 Å². The van der Waals surface area contributed by atoms with Gasteiger partial charge in [0.2, 0.25) is 0 Å². The Morgan fingerprint density at radius 2 is 1.04 bits per heavy atom. The summed E-state index contributed by atoms with van der Waals surface area (Å²) in [4.78, 5) is 39.8. The summed E-state index contributed by atoms with van der Waals surface area (Å²) < 4.78 is 5.40. The molecule has 0 aliphatic heterocycles. The van der Waals surface area contributed by atoms with E-state index in [1.165, 1.54) is 0 Å². The summed E-state index contributed by atoms with van der Waals surface area (Å²) in [6.07, 6.45) is 0. The number of rotatable bonds is 11. The highest BCUT2D eigenvalue weighted by molar-refractivity contribution is 6.54. The minimum Gasteiger partial charge on any atom is -0.478 e. The second kappa shape index (κ2) is 15.6. The number of carboxylic acids is 1. The average molecular weight is 804 g/mol. The number of hydrogen-bond donors (Lipinski definition) is 2. The van der Waals surface area contributed by atoms with E-state index in [-0.39, 0.29) is 54.7 Å². The molecular formula is C31H20Cl8O8. The molecule has 0 radical (unpaired) electrons. The fourth-order valence-corrected chi connectivity index (χ4v) is 6.51. The van der Waals surface area contributed by atoms with Crippen molar-refractivity contribution in [1.29, 1.82) is 0 Å². The topological polar surface area (TPSA) is 112 Å². The quantitative estimate of drug-likeness (QED) is 0.0385. The standard InChI is InChI=1S/C31H20Cl8O8/c1-31(2,13-3-7-15(8-4-13)46-30(42)20-19(29(40)41)23(34)27(38)28(39)24(20)35)14-5-9-16(10-6-14)47-45-12-18-17(11-44-43)21(32)25(36)26(37)22(18)33/h3-10,43H,11-12H2,1-2H3,(H,40,41). The summed E-state index contributed by atoms with van der Waals surface area (Å²) in [5.74, 6) is -2.14. The van der Waals surface area contributed by atoms with Gasteiger partial charge in [-0.15, -0.1) is 0 Å². The predicted molar refractivity (Wildman–Crippen MR) is 183 cm³/mol. The second-order valence-corrected chi connectivity index (χ2v) is 13.2. The molecule has 248 valence electrons. The van der Waals surface area contributed by atoms with Crippen molar-refractivity contribution in [3.8, 4) is 11.5 Å². The van der Waals surface area contributed by atoms with Crippen molar-refractivity contribution >= 4 is 105 Å². The van der Waals surface area contributed by atoms with Crippen molar-refractivity contribution in [2.75, 3.05) is 0 Å². The van der Waals surface area contributed by atoms with Crippen LogP contribution in [0.25, 0.3) is 0 Å². The predicted octanol–water partition coefficient (Wildman–Crippen LogP) is 11.7. The van der Waals surface area contributed by atoms with Gasteiger partial charge in [-0.2, -0.15) is 4.89 Å². The lowest BCUT2D eigenvalue weighted by molar-refractivity contribution is -0.253. The molecule has 0 atom stereocenters. The number of carbonyl (C=O) groups excluding carboxylic acids is 1. The Bertz CT molecular complexity index is 1850. The van der Waals surface area contributed by atoms with Crippen LogP contribution in [0.1, 0.15) is 56.8 Å². The molecule has 0 spiro atoms. The number of hydrogen-bond acceptors (Lipinski definition) is 7. The second-order valence-electron chi connectivity index (χ2n) is 10.2. The van der Waals surface area contributed by atoms with Crippen LogP contribution in [0.5, 0.6) is 11.5 Å². The van der Waals surface area contributed by atoms with Crippen LogP contribution in [0, 0.1) is 0 Å². The van der Waals surface area contributed by atoms with Crippen molar-refractivity contribution in [3.63, 3.8) is 0 Å². The van der Waals surface area contributed by atoms with E-state index in [0.717, 1.165) is 11.1 Å². The Morgan fingerprint density at radius 1 is 0.617 bits per heavy atom. The molecular weight excluding hydrogens is 784 g/mol. The van der Waals surface area contributed by atoms with Crippen molar-refractivity contribution in [1.82, 2.24) is 0 Å². The van der Waals surface area contributed by atoms with Gasteiger partial charge in [-0.1, -0.05) is 131 Å².